The van der Waals surface area contributed by atoms with E-state index in [0.29, 0.717) is 21.6 Å². The first kappa shape index (κ1) is 26.5. The number of nitrogens with zero attached hydrogens (tertiary/aromatic N) is 3. The summed E-state index contributed by atoms with van der Waals surface area (Å²) in [6.07, 6.45) is -9.28. The van der Waals surface area contributed by atoms with Gasteiger partial charge in [0.1, 0.15) is 32.5 Å². The molecule has 0 saturated heterocycles. The van der Waals surface area contributed by atoms with Crippen molar-refractivity contribution < 1.29 is 40.3 Å². The van der Waals surface area contributed by atoms with E-state index < -0.39 is 59.7 Å². The van der Waals surface area contributed by atoms with Gasteiger partial charge in [-0.3, -0.25) is 14.3 Å². The molecule has 16 heteroatoms. The molecule has 0 aromatic carbocycles. The molecule has 0 bridgehead atoms. The molecule has 0 atom stereocenters. The van der Waals surface area contributed by atoms with E-state index in [1.165, 1.54) is 19.1 Å². The van der Waals surface area contributed by atoms with Crippen LogP contribution >= 0.6 is 22.9 Å². The highest BCUT2D eigenvalue weighted by Gasteiger charge is 2.29. The SMILES string of the molecule is Cc1cc(C(F)F)nc2sc(C(N)=O)c(NC(=O)c3ccc(Cn4nc(C(F)F)c(Cl)c4C(F)F)o3)c12. The first-order chi connectivity index (χ1) is 17.4. The summed E-state index contributed by atoms with van der Waals surface area (Å²) in [6.45, 7) is 0.935. The van der Waals surface area contributed by atoms with Crippen molar-refractivity contribution in [3.8, 4) is 0 Å². The van der Waals surface area contributed by atoms with Crippen LogP contribution in [0.1, 0.15) is 67.9 Å². The monoisotopic (exact) mass is 565 g/mol. The van der Waals surface area contributed by atoms with Crippen molar-refractivity contribution in [2.45, 2.75) is 32.7 Å². The zero-order valence-corrected chi connectivity index (χ0v) is 19.9. The van der Waals surface area contributed by atoms with E-state index in [-0.39, 0.29) is 32.3 Å². The van der Waals surface area contributed by atoms with Crippen molar-refractivity contribution in [3.05, 3.63) is 62.3 Å². The van der Waals surface area contributed by atoms with Crippen LogP contribution in [-0.2, 0) is 6.54 Å². The van der Waals surface area contributed by atoms with E-state index in [2.05, 4.69) is 15.4 Å². The number of amides is 2. The molecule has 0 saturated carbocycles. The van der Waals surface area contributed by atoms with Crippen LogP contribution in [0.2, 0.25) is 5.02 Å². The van der Waals surface area contributed by atoms with Crippen molar-refractivity contribution in [1.29, 1.82) is 0 Å². The lowest BCUT2D eigenvalue weighted by molar-refractivity contribution is 0.0994. The van der Waals surface area contributed by atoms with Crippen LogP contribution in [0.4, 0.5) is 32.0 Å². The summed E-state index contributed by atoms with van der Waals surface area (Å²) in [6, 6.07) is 3.50. The zero-order valence-electron chi connectivity index (χ0n) is 18.4. The Balaban J connectivity index is 1.64. The fourth-order valence-electron chi connectivity index (χ4n) is 3.56. The van der Waals surface area contributed by atoms with Gasteiger partial charge < -0.3 is 15.5 Å². The van der Waals surface area contributed by atoms with Gasteiger partial charge in [0, 0.05) is 5.39 Å². The molecule has 0 aliphatic heterocycles. The number of hydrogen-bond donors (Lipinski definition) is 2. The Morgan fingerprint density at radius 2 is 1.86 bits per heavy atom. The highest BCUT2D eigenvalue weighted by atomic mass is 35.5. The van der Waals surface area contributed by atoms with Crippen LogP contribution in [0.25, 0.3) is 10.2 Å². The van der Waals surface area contributed by atoms with E-state index in [1.807, 2.05) is 0 Å². The fourth-order valence-corrected chi connectivity index (χ4v) is 4.93. The number of alkyl halides is 6. The Labute approximate surface area is 212 Å². The van der Waals surface area contributed by atoms with Crippen LogP contribution < -0.4 is 11.1 Å². The van der Waals surface area contributed by atoms with Gasteiger partial charge in [0.2, 0.25) is 0 Å². The number of thiophene rings is 1. The summed E-state index contributed by atoms with van der Waals surface area (Å²) in [5.74, 6) is -2.28. The molecule has 8 nitrogen and oxygen atoms in total. The van der Waals surface area contributed by atoms with Crippen LogP contribution in [0, 0.1) is 6.92 Å². The van der Waals surface area contributed by atoms with E-state index in [0.717, 1.165) is 6.07 Å². The highest BCUT2D eigenvalue weighted by molar-refractivity contribution is 7.21. The minimum absolute atomic E-state index is 0.0458. The van der Waals surface area contributed by atoms with Crippen LogP contribution in [0.15, 0.2) is 22.6 Å². The fraction of sp³-hybridized carbons (Fsp3) is 0.238. The van der Waals surface area contributed by atoms with Crippen LogP contribution in [-0.4, -0.2) is 26.6 Å². The molecule has 4 heterocycles. The van der Waals surface area contributed by atoms with Crippen molar-refractivity contribution in [1.82, 2.24) is 14.8 Å². The molecule has 0 spiro atoms. The summed E-state index contributed by atoms with van der Waals surface area (Å²) in [5.41, 5.74) is 3.13. The zero-order chi connectivity index (χ0) is 27.2. The van der Waals surface area contributed by atoms with Gasteiger partial charge in [0.25, 0.3) is 31.1 Å². The average Bonchev–Trinajstić information content (AvgIpc) is 3.50. The molecular weight excluding hydrogens is 552 g/mol. The Morgan fingerprint density at radius 1 is 1.16 bits per heavy atom. The van der Waals surface area contributed by atoms with E-state index in [1.54, 1.807) is 0 Å². The van der Waals surface area contributed by atoms with Gasteiger partial charge in [0.15, 0.2) is 5.76 Å². The molecule has 4 aromatic heterocycles. The van der Waals surface area contributed by atoms with Gasteiger partial charge in [-0.05, 0) is 30.7 Å². The number of primary amides is 1. The number of pyridine rings is 1. The standard InChI is InChI=1S/C21H14ClF6N5O3S/c1-6-4-8(16(23)24)30-21-10(6)12(15(37-21)19(29)34)31-20(35)9-3-2-7(36-9)5-33-14(18(27)28)11(22)13(32-33)17(25)26/h2-4,16-18H,5H2,1H3,(H2,29,34)(H,31,35). The first-order valence-electron chi connectivity index (χ1n) is 10.1. The number of aromatic nitrogens is 3. The highest BCUT2D eigenvalue weighted by Crippen LogP contribution is 2.39. The number of aryl methyl sites for hydroxylation is 1. The number of anilines is 1. The molecule has 0 aliphatic carbocycles. The number of carbonyl (C=O) groups is 2. The van der Waals surface area contributed by atoms with E-state index in [4.69, 9.17) is 21.8 Å². The molecule has 0 unspecified atom stereocenters. The number of hydrogen-bond acceptors (Lipinski definition) is 6. The number of carbonyl (C=O) groups excluding carboxylic acids is 2. The van der Waals surface area contributed by atoms with E-state index in [9.17, 15) is 35.9 Å². The lowest BCUT2D eigenvalue weighted by Crippen LogP contribution is -2.16. The predicted octanol–water partition coefficient (Wildman–Crippen LogP) is 6.26. The number of nitrogens with one attached hydrogen (secondary N) is 1. The van der Waals surface area contributed by atoms with Crippen molar-refractivity contribution in [2.75, 3.05) is 5.32 Å². The maximum atomic E-state index is 13.4. The maximum absolute atomic E-state index is 13.4. The largest absolute Gasteiger partial charge is 0.454 e. The summed E-state index contributed by atoms with van der Waals surface area (Å²) in [7, 11) is 0. The minimum Gasteiger partial charge on any atom is -0.454 e. The lowest BCUT2D eigenvalue weighted by Gasteiger charge is -2.07. The molecule has 0 radical (unpaired) electrons. The smallest absolute Gasteiger partial charge is 0.291 e. The lowest BCUT2D eigenvalue weighted by atomic mass is 10.1. The summed E-state index contributed by atoms with van der Waals surface area (Å²) in [5, 5.41) is 5.20. The Morgan fingerprint density at radius 3 is 2.46 bits per heavy atom. The number of fused-ring (bicyclic) bond motifs is 1. The Kier molecular flexibility index (Phi) is 7.19. The molecule has 4 aromatic rings. The molecule has 3 N–H and O–H groups in total. The van der Waals surface area contributed by atoms with E-state index >= 15 is 0 Å². The van der Waals surface area contributed by atoms with Gasteiger partial charge in [-0.1, -0.05) is 11.6 Å². The Hall–Kier alpha value is -3.59. The molecule has 37 heavy (non-hydrogen) atoms. The van der Waals surface area contributed by atoms with Crippen molar-refractivity contribution in [2.24, 2.45) is 5.73 Å². The summed E-state index contributed by atoms with van der Waals surface area (Å²) in [4.78, 5) is 28.5. The second kappa shape index (κ2) is 10.0. The van der Waals surface area contributed by atoms with Crippen LogP contribution in [0.5, 0.6) is 0 Å². The number of furan rings is 1. The van der Waals surface area contributed by atoms with Crippen molar-refractivity contribution in [3.63, 3.8) is 0 Å². The topological polar surface area (TPSA) is 116 Å². The molecule has 0 fully saturated rings. The quantitative estimate of drug-likeness (QED) is 0.245. The van der Waals surface area contributed by atoms with Gasteiger partial charge >= 0.3 is 0 Å². The van der Waals surface area contributed by atoms with Gasteiger partial charge in [-0.25, -0.2) is 31.3 Å². The number of halogens is 7. The van der Waals surface area contributed by atoms with Gasteiger partial charge in [-0.2, -0.15) is 5.10 Å². The third-order valence-corrected chi connectivity index (χ3v) is 6.61. The third kappa shape index (κ3) is 5.00. The molecule has 196 valence electrons. The number of nitrogens with two attached hydrogens (primary N) is 1. The van der Waals surface area contributed by atoms with Crippen molar-refractivity contribution >= 4 is 50.7 Å². The molecule has 2 amide bonds. The molecule has 0 aliphatic rings. The van der Waals surface area contributed by atoms with Gasteiger partial charge in [0.05, 0.1) is 17.3 Å². The predicted molar refractivity (Wildman–Crippen MR) is 121 cm³/mol. The summed E-state index contributed by atoms with van der Waals surface area (Å²) < 4.78 is 85.0. The maximum Gasteiger partial charge on any atom is 0.291 e. The number of rotatable bonds is 8. The summed E-state index contributed by atoms with van der Waals surface area (Å²) >= 11 is 6.34. The van der Waals surface area contributed by atoms with Crippen LogP contribution in [0.3, 0.4) is 0 Å². The molecular formula is C21H14ClF6N5O3S. The average molecular weight is 566 g/mol. The Bertz CT molecular complexity index is 1520. The normalized spacial score (nSPS) is 11.9. The van der Waals surface area contributed by atoms with Gasteiger partial charge in [-0.15, -0.1) is 11.3 Å². The minimum atomic E-state index is -3.22. The first-order valence-corrected chi connectivity index (χ1v) is 11.3. The second-order valence-corrected chi connectivity index (χ2v) is 8.96. The molecule has 4 rings (SSSR count). The third-order valence-electron chi connectivity index (χ3n) is 5.13. The second-order valence-electron chi connectivity index (χ2n) is 7.58.